The number of hydrogen-bond acceptors (Lipinski definition) is 6. The van der Waals surface area contributed by atoms with Gasteiger partial charge in [0.1, 0.15) is 17.2 Å². The summed E-state index contributed by atoms with van der Waals surface area (Å²) in [5, 5.41) is 10.4. The molecule has 0 aliphatic carbocycles. The second-order valence-electron chi connectivity index (χ2n) is 5.45. The summed E-state index contributed by atoms with van der Waals surface area (Å²) < 4.78 is 5.29. The van der Waals surface area contributed by atoms with Gasteiger partial charge < -0.3 is 20.1 Å². The first-order valence-corrected chi connectivity index (χ1v) is 8.20. The molecule has 0 aromatic heterocycles. The van der Waals surface area contributed by atoms with Gasteiger partial charge in [-0.3, -0.25) is 14.4 Å². The number of carboxylic acids is 1. The van der Waals surface area contributed by atoms with E-state index in [1.165, 1.54) is 0 Å². The summed E-state index contributed by atoms with van der Waals surface area (Å²) in [7, 11) is 0. The van der Waals surface area contributed by atoms with Crippen LogP contribution in [0.4, 0.5) is 0 Å². The van der Waals surface area contributed by atoms with Gasteiger partial charge in [-0.15, -0.1) is 0 Å². The number of para-hydroxylation sites is 1. The first-order valence-electron chi connectivity index (χ1n) is 7.32. The molecule has 2 heterocycles. The van der Waals surface area contributed by atoms with E-state index < -0.39 is 40.4 Å². The number of ether oxygens (including phenoxy) is 1. The minimum Gasteiger partial charge on any atom is -0.484 e. The van der Waals surface area contributed by atoms with Crippen LogP contribution in [0.3, 0.4) is 0 Å². The quantitative estimate of drug-likeness (QED) is 0.560. The van der Waals surface area contributed by atoms with Crippen LogP contribution in [0.2, 0.25) is 0 Å². The van der Waals surface area contributed by atoms with Gasteiger partial charge in [-0.2, -0.15) is 0 Å². The molecular weight excluding hydrogens is 348 g/mol. The Hall–Kier alpha value is -2.81. The van der Waals surface area contributed by atoms with E-state index in [0.29, 0.717) is 5.75 Å². The zero-order valence-electron chi connectivity index (χ0n) is 12.9. The molecule has 2 saturated heterocycles. The van der Waals surface area contributed by atoms with E-state index in [4.69, 9.17) is 4.74 Å². The Bertz CT molecular complexity index is 765. The standard InChI is InChI=1S/C16H14N2O6S/c1-8-12(15(21)22)18-13(20)11(14(18)25-16(8)23)17-10(19)7-24-9-5-3-2-4-6-9/h2-6,11-12,14H,1,7H2,(H,17,19)(H,21,22)/t11-,12-,14-/m1/s1. The largest absolute Gasteiger partial charge is 0.484 e. The predicted octanol–water partition coefficient (Wildman–Crippen LogP) is 0.00130. The number of rotatable bonds is 5. The molecule has 0 unspecified atom stereocenters. The second-order valence-corrected chi connectivity index (χ2v) is 6.54. The van der Waals surface area contributed by atoms with Crippen molar-refractivity contribution in [2.75, 3.05) is 6.61 Å². The molecule has 2 aliphatic heterocycles. The van der Waals surface area contributed by atoms with Crippen LogP contribution in [0.15, 0.2) is 42.5 Å². The van der Waals surface area contributed by atoms with Gasteiger partial charge >= 0.3 is 5.97 Å². The second kappa shape index (κ2) is 6.60. The monoisotopic (exact) mass is 362 g/mol. The zero-order chi connectivity index (χ0) is 18.1. The highest BCUT2D eigenvalue weighted by Crippen LogP contribution is 2.40. The third-order valence-corrected chi connectivity index (χ3v) is 5.06. The lowest BCUT2D eigenvalue weighted by Gasteiger charge is -2.51. The predicted molar refractivity (Wildman–Crippen MR) is 87.7 cm³/mol. The van der Waals surface area contributed by atoms with E-state index >= 15 is 0 Å². The number of amides is 2. The molecule has 0 saturated carbocycles. The van der Waals surface area contributed by atoms with Crippen LogP contribution in [0.1, 0.15) is 0 Å². The van der Waals surface area contributed by atoms with Gasteiger partial charge in [-0.05, 0) is 12.1 Å². The summed E-state index contributed by atoms with van der Waals surface area (Å²) in [6.45, 7) is 3.15. The number of benzene rings is 1. The van der Waals surface area contributed by atoms with Gasteiger partial charge in [0.25, 0.3) is 5.91 Å². The van der Waals surface area contributed by atoms with Gasteiger partial charge in [0.2, 0.25) is 11.0 Å². The van der Waals surface area contributed by atoms with Crippen molar-refractivity contribution in [2.24, 2.45) is 0 Å². The fourth-order valence-electron chi connectivity index (χ4n) is 2.63. The molecule has 1 aromatic rings. The number of nitrogens with one attached hydrogen (secondary N) is 1. The number of nitrogens with zero attached hydrogens (tertiary/aromatic N) is 1. The van der Waals surface area contributed by atoms with Crippen LogP contribution in [0.25, 0.3) is 0 Å². The number of fused-ring (bicyclic) bond motifs is 1. The summed E-state index contributed by atoms with van der Waals surface area (Å²) in [6.07, 6.45) is 0. The summed E-state index contributed by atoms with van der Waals surface area (Å²) in [4.78, 5) is 48.4. The minimum atomic E-state index is -1.39. The molecule has 0 bridgehead atoms. The SMILES string of the molecule is C=C1C(=O)S[C@@H]2[C@H](NC(=O)COc3ccccc3)C(=O)N2[C@H]1C(=O)O. The average Bonchev–Trinajstić information content (AvgIpc) is 2.60. The van der Waals surface area contributed by atoms with E-state index in [2.05, 4.69) is 11.9 Å². The van der Waals surface area contributed by atoms with Gasteiger partial charge in [0.05, 0.1) is 0 Å². The Kier molecular flexibility index (Phi) is 4.49. The molecular formula is C16H14N2O6S. The van der Waals surface area contributed by atoms with Crippen molar-refractivity contribution in [2.45, 2.75) is 17.5 Å². The van der Waals surface area contributed by atoms with Crippen LogP contribution in [-0.2, 0) is 19.2 Å². The lowest BCUT2D eigenvalue weighted by molar-refractivity contribution is -0.161. The highest BCUT2D eigenvalue weighted by atomic mass is 32.2. The first kappa shape index (κ1) is 17.0. The maximum absolute atomic E-state index is 12.2. The molecule has 130 valence electrons. The van der Waals surface area contributed by atoms with E-state index in [9.17, 15) is 24.3 Å². The topological polar surface area (TPSA) is 113 Å². The molecule has 0 spiro atoms. The smallest absolute Gasteiger partial charge is 0.331 e. The highest BCUT2D eigenvalue weighted by Gasteiger charge is 2.58. The molecule has 2 amide bonds. The van der Waals surface area contributed by atoms with E-state index in [-0.39, 0.29) is 12.2 Å². The first-order chi connectivity index (χ1) is 11.9. The summed E-state index contributed by atoms with van der Waals surface area (Å²) in [5.74, 6) is -1.92. The molecule has 2 fully saturated rings. The fraction of sp³-hybridized carbons (Fsp3) is 0.250. The number of aliphatic carboxylic acids is 1. The summed E-state index contributed by atoms with van der Waals surface area (Å²) >= 11 is 0.781. The van der Waals surface area contributed by atoms with Crippen LogP contribution in [-0.4, -0.2) is 57.0 Å². The zero-order valence-corrected chi connectivity index (χ0v) is 13.7. The van der Waals surface area contributed by atoms with Crippen molar-refractivity contribution < 1.29 is 29.0 Å². The van der Waals surface area contributed by atoms with Crippen molar-refractivity contribution >= 4 is 34.7 Å². The summed E-state index contributed by atoms with van der Waals surface area (Å²) in [6, 6.07) is 6.33. The third kappa shape index (κ3) is 3.10. The average molecular weight is 362 g/mol. The van der Waals surface area contributed by atoms with Crippen molar-refractivity contribution in [1.29, 1.82) is 0 Å². The maximum atomic E-state index is 12.2. The third-order valence-electron chi connectivity index (χ3n) is 3.84. The number of carbonyl (C=O) groups excluding carboxylic acids is 3. The van der Waals surface area contributed by atoms with Gasteiger partial charge in [-0.1, -0.05) is 36.5 Å². The number of carbonyl (C=O) groups is 4. The Morgan fingerprint density at radius 2 is 1.96 bits per heavy atom. The number of β-lactam (4-membered cyclic amide) rings is 1. The molecule has 9 heteroatoms. The van der Waals surface area contributed by atoms with E-state index in [1.807, 2.05) is 0 Å². The Morgan fingerprint density at radius 3 is 2.60 bits per heavy atom. The lowest BCUT2D eigenvalue weighted by Crippen LogP contribution is -2.75. The fourth-order valence-corrected chi connectivity index (χ4v) is 3.77. The number of hydrogen-bond donors (Lipinski definition) is 2. The van der Waals surface area contributed by atoms with Gasteiger partial charge in [0.15, 0.2) is 12.6 Å². The van der Waals surface area contributed by atoms with Crippen molar-refractivity contribution in [1.82, 2.24) is 10.2 Å². The highest BCUT2D eigenvalue weighted by molar-refractivity contribution is 8.14. The molecule has 2 N–H and O–H groups in total. The van der Waals surface area contributed by atoms with Crippen LogP contribution >= 0.6 is 11.8 Å². The molecule has 3 rings (SSSR count). The Labute approximate surface area is 146 Å². The van der Waals surface area contributed by atoms with E-state index in [0.717, 1.165) is 16.7 Å². The van der Waals surface area contributed by atoms with Crippen molar-refractivity contribution in [3.05, 3.63) is 42.5 Å². The molecule has 3 atom stereocenters. The van der Waals surface area contributed by atoms with Crippen molar-refractivity contribution in [3.8, 4) is 5.75 Å². The molecule has 8 nitrogen and oxygen atoms in total. The Morgan fingerprint density at radius 1 is 1.28 bits per heavy atom. The number of thioether (sulfide) groups is 1. The number of carboxylic acid groups (broad SMARTS) is 1. The van der Waals surface area contributed by atoms with Gasteiger partial charge in [0, 0.05) is 5.57 Å². The lowest BCUT2D eigenvalue weighted by atomic mass is 9.98. The maximum Gasteiger partial charge on any atom is 0.331 e. The molecule has 25 heavy (non-hydrogen) atoms. The normalized spacial score (nSPS) is 25.0. The van der Waals surface area contributed by atoms with Crippen LogP contribution in [0.5, 0.6) is 5.75 Å². The van der Waals surface area contributed by atoms with Crippen LogP contribution < -0.4 is 10.1 Å². The molecule has 2 aliphatic rings. The van der Waals surface area contributed by atoms with Crippen molar-refractivity contribution in [3.63, 3.8) is 0 Å². The van der Waals surface area contributed by atoms with Gasteiger partial charge in [-0.25, -0.2) is 4.79 Å². The molecule has 1 aromatic carbocycles. The Balaban J connectivity index is 1.62. The van der Waals surface area contributed by atoms with E-state index in [1.54, 1.807) is 30.3 Å². The summed E-state index contributed by atoms with van der Waals surface area (Å²) in [5.41, 5.74) is -0.153. The molecule has 0 radical (unpaired) electrons. The minimum absolute atomic E-state index is 0.153. The van der Waals surface area contributed by atoms with Crippen LogP contribution in [0, 0.1) is 0 Å².